The fourth-order valence-corrected chi connectivity index (χ4v) is 2.31. The number of hydrogen-bond donors (Lipinski definition) is 1. The lowest BCUT2D eigenvalue weighted by atomic mass is 9.84. The van der Waals surface area contributed by atoms with Gasteiger partial charge < -0.3 is 14.7 Å². The maximum absolute atomic E-state index is 11.0. The summed E-state index contributed by atoms with van der Waals surface area (Å²) < 4.78 is 5.56. The van der Waals surface area contributed by atoms with Crippen LogP contribution in [0.1, 0.15) is 26.2 Å². The van der Waals surface area contributed by atoms with Gasteiger partial charge in [-0.1, -0.05) is 0 Å². The van der Waals surface area contributed by atoms with E-state index in [4.69, 9.17) is 9.84 Å². The molecular weight excluding hydrogens is 198 g/mol. The van der Waals surface area contributed by atoms with Crippen molar-refractivity contribution in [3.05, 3.63) is 0 Å². The molecule has 5 heteroatoms. The summed E-state index contributed by atoms with van der Waals surface area (Å²) in [6.07, 6.45) is 1.62. The summed E-state index contributed by atoms with van der Waals surface area (Å²) >= 11 is 0. The van der Waals surface area contributed by atoms with Gasteiger partial charge in [-0.25, -0.2) is 4.79 Å². The molecule has 0 saturated carbocycles. The van der Waals surface area contributed by atoms with Gasteiger partial charge in [0.1, 0.15) is 5.60 Å². The molecule has 5 nitrogen and oxygen atoms in total. The van der Waals surface area contributed by atoms with Gasteiger partial charge in [-0.15, -0.1) is 0 Å². The SMILES string of the molecule is CC(=O)N1CC2(CCCC(C(=O)O)O2)C1. The zero-order valence-electron chi connectivity index (χ0n) is 8.73. The fourth-order valence-electron chi connectivity index (χ4n) is 2.31. The van der Waals surface area contributed by atoms with Crippen LogP contribution in [0.2, 0.25) is 0 Å². The molecule has 2 fully saturated rings. The van der Waals surface area contributed by atoms with E-state index in [1.54, 1.807) is 4.90 Å². The monoisotopic (exact) mass is 213 g/mol. The summed E-state index contributed by atoms with van der Waals surface area (Å²) in [6.45, 7) is 2.61. The first-order chi connectivity index (χ1) is 7.02. The highest BCUT2D eigenvalue weighted by Crippen LogP contribution is 2.36. The van der Waals surface area contributed by atoms with Crippen LogP contribution in [0, 0.1) is 0 Å². The Balaban J connectivity index is 1.95. The molecule has 1 spiro atoms. The van der Waals surface area contributed by atoms with Crippen LogP contribution in [-0.4, -0.2) is 46.7 Å². The van der Waals surface area contributed by atoms with Gasteiger partial charge in [0.05, 0.1) is 13.1 Å². The number of carboxylic acids is 1. The Kier molecular flexibility index (Phi) is 2.42. The Morgan fingerprint density at radius 3 is 2.67 bits per heavy atom. The van der Waals surface area contributed by atoms with Crippen LogP contribution in [0.15, 0.2) is 0 Å². The number of nitrogens with zero attached hydrogens (tertiary/aromatic N) is 1. The second kappa shape index (κ2) is 3.48. The number of aliphatic carboxylic acids is 1. The van der Waals surface area contributed by atoms with E-state index in [0.717, 1.165) is 12.8 Å². The summed E-state index contributed by atoms with van der Waals surface area (Å²) in [6, 6.07) is 0. The zero-order chi connectivity index (χ0) is 11.1. The minimum Gasteiger partial charge on any atom is -0.479 e. The van der Waals surface area contributed by atoms with E-state index >= 15 is 0 Å². The smallest absolute Gasteiger partial charge is 0.332 e. The van der Waals surface area contributed by atoms with E-state index in [9.17, 15) is 9.59 Å². The molecule has 2 aliphatic rings. The van der Waals surface area contributed by atoms with Gasteiger partial charge in [-0.3, -0.25) is 4.79 Å². The Hall–Kier alpha value is -1.10. The summed E-state index contributed by atoms with van der Waals surface area (Å²) in [5.41, 5.74) is -0.368. The molecule has 0 aromatic heterocycles. The third kappa shape index (κ3) is 1.84. The Bertz CT molecular complexity index is 296. The summed E-state index contributed by atoms with van der Waals surface area (Å²) in [4.78, 5) is 23.5. The number of carbonyl (C=O) groups is 2. The second-order valence-corrected chi connectivity index (χ2v) is 4.40. The van der Waals surface area contributed by atoms with E-state index in [-0.39, 0.29) is 11.5 Å². The predicted molar refractivity (Wildman–Crippen MR) is 51.3 cm³/mol. The lowest BCUT2D eigenvalue weighted by Gasteiger charge is -2.52. The van der Waals surface area contributed by atoms with Crippen LogP contribution in [0.25, 0.3) is 0 Å². The number of carboxylic acid groups (broad SMARTS) is 1. The highest BCUT2D eigenvalue weighted by Gasteiger charge is 2.49. The normalized spacial score (nSPS) is 28.6. The van der Waals surface area contributed by atoms with Crippen molar-refractivity contribution in [2.75, 3.05) is 13.1 Å². The minimum atomic E-state index is -0.893. The molecule has 1 amide bonds. The molecule has 2 saturated heterocycles. The van der Waals surface area contributed by atoms with Crippen LogP contribution in [0.4, 0.5) is 0 Å². The van der Waals surface area contributed by atoms with E-state index in [0.29, 0.717) is 19.5 Å². The number of likely N-dealkylation sites (tertiary alicyclic amines) is 1. The van der Waals surface area contributed by atoms with Gasteiger partial charge in [0.15, 0.2) is 6.10 Å². The Labute approximate surface area is 88.0 Å². The van der Waals surface area contributed by atoms with E-state index in [1.165, 1.54) is 6.92 Å². The maximum atomic E-state index is 11.0. The molecule has 0 bridgehead atoms. The van der Waals surface area contributed by atoms with Gasteiger partial charge >= 0.3 is 5.97 Å². The van der Waals surface area contributed by atoms with Crippen molar-refractivity contribution in [3.8, 4) is 0 Å². The number of amides is 1. The second-order valence-electron chi connectivity index (χ2n) is 4.40. The van der Waals surface area contributed by atoms with Crippen molar-refractivity contribution in [3.63, 3.8) is 0 Å². The highest BCUT2D eigenvalue weighted by molar-refractivity contribution is 5.75. The molecule has 0 aromatic rings. The first kappa shape index (κ1) is 10.4. The maximum Gasteiger partial charge on any atom is 0.332 e. The first-order valence-electron chi connectivity index (χ1n) is 5.19. The Morgan fingerprint density at radius 2 is 2.13 bits per heavy atom. The van der Waals surface area contributed by atoms with Crippen molar-refractivity contribution in [1.82, 2.24) is 4.90 Å². The molecule has 2 aliphatic heterocycles. The number of ether oxygens (including phenoxy) is 1. The number of hydrogen-bond acceptors (Lipinski definition) is 3. The first-order valence-corrected chi connectivity index (χ1v) is 5.19. The summed E-state index contributed by atoms with van der Waals surface area (Å²) in [5.74, 6) is -0.864. The largest absolute Gasteiger partial charge is 0.479 e. The van der Waals surface area contributed by atoms with Gasteiger partial charge in [0, 0.05) is 6.92 Å². The molecule has 0 radical (unpaired) electrons. The third-order valence-electron chi connectivity index (χ3n) is 3.17. The van der Waals surface area contributed by atoms with Crippen molar-refractivity contribution in [1.29, 1.82) is 0 Å². The molecule has 15 heavy (non-hydrogen) atoms. The van der Waals surface area contributed by atoms with Crippen molar-refractivity contribution >= 4 is 11.9 Å². The third-order valence-corrected chi connectivity index (χ3v) is 3.17. The van der Waals surface area contributed by atoms with Crippen LogP contribution in [0.3, 0.4) is 0 Å². The standard InChI is InChI=1S/C10H15NO4/c1-7(12)11-5-10(6-11)4-2-3-8(15-10)9(13)14/h8H,2-6H2,1H3,(H,13,14). The van der Waals surface area contributed by atoms with Crippen LogP contribution >= 0.6 is 0 Å². The summed E-state index contributed by atoms with van der Waals surface area (Å²) in [5, 5.41) is 8.86. The zero-order valence-corrected chi connectivity index (χ0v) is 8.73. The molecule has 2 heterocycles. The molecule has 2 rings (SSSR count). The van der Waals surface area contributed by atoms with Crippen LogP contribution in [0.5, 0.6) is 0 Å². The van der Waals surface area contributed by atoms with Crippen molar-refractivity contribution < 1.29 is 19.4 Å². The summed E-state index contributed by atoms with van der Waals surface area (Å²) in [7, 11) is 0. The molecule has 0 aromatic carbocycles. The van der Waals surface area contributed by atoms with Crippen LogP contribution in [-0.2, 0) is 14.3 Å². The van der Waals surface area contributed by atoms with E-state index in [2.05, 4.69) is 0 Å². The molecule has 1 N–H and O–H groups in total. The van der Waals surface area contributed by atoms with Crippen LogP contribution < -0.4 is 0 Å². The van der Waals surface area contributed by atoms with E-state index in [1.807, 2.05) is 0 Å². The van der Waals surface area contributed by atoms with Gasteiger partial charge in [-0.05, 0) is 19.3 Å². The van der Waals surface area contributed by atoms with Crippen molar-refractivity contribution in [2.24, 2.45) is 0 Å². The molecule has 1 atom stereocenters. The molecule has 0 aliphatic carbocycles. The number of carbonyl (C=O) groups excluding carboxylic acids is 1. The highest BCUT2D eigenvalue weighted by atomic mass is 16.5. The average Bonchev–Trinajstić information content (AvgIpc) is 2.13. The Morgan fingerprint density at radius 1 is 1.47 bits per heavy atom. The minimum absolute atomic E-state index is 0.0293. The average molecular weight is 213 g/mol. The fraction of sp³-hybridized carbons (Fsp3) is 0.800. The van der Waals surface area contributed by atoms with Gasteiger partial charge in [0.25, 0.3) is 0 Å². The van der Waals surface area contributed by atoms with Gasteiger partial charge in [0.2, 0.25) is 5.91 Å². The van der Waals surface area contributed by atoms with Gasteiger partial charge in [-0.2, -0.15) is 0 Å². The molecular formula is C10H15NO4. The number of rotatable bonds is 1. The quantitative estimate of drug-likeness (QED) is 0.677. The molecule has 1 unspecified atom stereocenters. The topological polar surface area (TPSA) is 66.8 Å². The predicted octanol–water partition coefficient (Wildman–Crippen LogP) is 0.241. The molecule has 84 valence electrons. The van der Waals surface area contributed by atoms with E-state index < -0.39 is 12.1 Å². The van der Waals surface area contributed by atoms with Crippen molar-refractivity contribution in [2.45, 2.75) is 37.9 Å². The lowest BCUT2D eigenvalue weighted by Crippen LogP contribution is -2.66. The lowest BCUT2D eigenvalue weighted by molar-refractivity contribution is -0.210.